The fraction of sp³-hybridized carbons (Fsp3) is 0.529. The van der Waals surface area contributed by atoms with E-state index in [4.69, 9.17) is 5.11 Å². The summed E-state index contributed by atoms with van der Waals surface area (Å²) in [7, 11) is 0. The largest absolute Gasteiger partial charge is 0.480 e. The van der Waals surface area contributed by atoms with Crippen molar-refractivity contribution in [3.8, 4) is 0 Å². The molecule has 0 fully saturated rings. The van der Waals surface area contributed by atoms with Gasteiger partial charge in [-0.15, -0.1) is 0 Å². The predicted molar refractivity (Wildman–Crippen MR) is 83.2 cm³/mol. The quantitative estimate of drug-likeness (QED) is 0.774. The molecule has 1 aromatic rings. The molecule has 0 saturated heterocycles. The lowest BCUT2D eigenvalue weighted by atomic mass is 10.0. The second-order valence-electron chi connectivity index (χ2n) is 5.76. The monoisotopic (exact) mass is 291 g/mol. The lowest BCUT2D eigenvalue weighted by molar-refractivity contribution is -0.142. The van der Waals surface area contributed by atoms with Gasteiger partial charge >= 0.3 is 5.97 Å². The number of amides is 1. The fourth-order valence-electron chi connectivity index (χ4n) is 2.16. The highest BCUT2D eigenvalue weighted by Gasteiger charge is 2.20. The summed E-state index contributed by atoms with van der Waals surface area (Å²) in [4.78, 5) is 23.0. The maximum absolute atomic E-state index is 11.9. The van der Waals surface area contributed by atoms with E-state index in [2.05, 4.69) is 24.4 Å². The number of carboxylic acids is 1. The maximum atomic E-state index is 11.9. The van der Waals surface area contributed by atoms with Crippen molar-refractivity contribution in [2.45, 2.75) is 52.5 Å². The Morgan fingerprint density at radius 2 is 1.71 bits per heavy atom. The topological polar surface area (TPSA) is 66.4 Å². The number of aliphatic carboxylic acids is 1. The first-order valence-electron chi connectivity index (χ1n) is 7.52. The lowest BCUT2D eigenvalue weighted by Gasteiger charge is -2.16. The molecule has 1 aromatic carbocycles. The average Bonchev–Trinajstić information content (AvgIpc) is 2.44. The molecule has 116 valence electrons. The van der Waals surface area contributed by atoms with Crippen LogP contribution in [0.4, 0.5) is 0 Å². The minimum absolute atomic E-state index is 0.206. The van der Waals surface area contributed by atoms with E-state index in [1.807, 2.05) is 26.0 Å². The van der Waals surface area contributed by atoms with Crippen LogP contribution in [-0.2, 0) is 22.4 Å². The summed E-state index contributed by atoms with van der Waals surface area (Å²) >= 11 is 0. The number of nitrogens with one attached hydrogen (secondary N) is 1. The summed E-state index contributed by atoms with van der Waals surface area (Å²) in [6, 6.07) is 7.38. The van der Waals surface area contributed by atoms with Gasteiger partial charge in [-0.2, -0.15) is 0 Å². The third-order valence-corrected chi connectivity index (χ3v) is 3.41. The smallest absolute Gasteiger partial charge is 0.326 e. The van der Waals surface area contributed by atoms with E-state index >= 15 is 0 Å². The minimum atomic E-state index is -0.968. The maximum Gasteiger partial charge on any atom is 0.326 e. The van der Waals surface area contributed by atoms with Crippen LogP contribution in [-0.4, -0.2) is 23.0 Å². The molecule has 0 aliphatic rings. The predicted octanol–water partition coefficient (Wildman–Crippen LogP) is 2.80. The van der Waals surface area contributed by atoms with Gasteiger partial charge in [0.2, 0.25) is 5.91 Å². The molecule has 1 rings (SSSR count). The number of hydrogen-bond acceptors (Lipinski definition) is 2. The highest BCUT2D eigenvalue weighted by molar-refractivity contribution is 5.83. The van der Waals surface area contributed by atoms with Crippen molar-refractivity contribution in [1.82, 2.24) is 5.32 Å². The Hall–Kier alpha value is -1.84. The van der Waals surface area contributed by atoms with Crippen molar-refractivity contribution in [2.75, 3.05) is 0 Å². The number of carboxylic acid groups (broad SMARTS) is 1. The fourth-order valence-corrected chi connectivity index (χ4v) is 2.16. The van der Waals surface area contributed by atoms with Crippen molar-refractivity contribution in [3.05, 3.63) is 35.4 Å². The molecule has 0 spiro atoms. The van der Waals surface area contributed by atoms with Crippen LogP contribution in [0, 0.1) is 5.92 Å². The Kier molecular flexibility index (Phi) is 6.92. The third kappa shape index (κ3) is 6.43. The Labute approximate surface area is 126 Å². The molecule has 21 heavy (non-hydrogen) atoms. The van der Waals surface area contributed by atoms with Crippen LogP contribution in [0.25, 0.3) is 0 Å². The molecule has 4 heteroatoms. The number of carbonyl (C=O) groups is 2. The zero-order chi connectivity index (χ0) is 15.8. The van der Waals surface area contributed by atoms with Gasteiger partial charge in [0.15, 0.2) is 0 Å². The average molecular weight is 291 g/mol. The number of aryl methyl sites for hydroxylation is 2. The Morgan fingerprint density at radius 3 is 2.19 bits per heavy atom. The number of carbonyl (C=O) groups excluding carboxylic acids is 1. The molecule has 0 unspecified atom stereocenters. The van der Waals surface area contributed by atoms with Crippen LogP contribution >= 0.6 is 0 Å². The SMILES string of the molecule is CCc1ccc(CCC(=O)N[C@H](CC(C)C)C(=O)O)cc1. The summed E-state index contributed by atoms with van der Waals surface area (Å²) in [5.74, 6) is -0.944. The Balaban J connectivity index is 2.46. The Morgan fingerprint density at radius 1 is 1.14 bits per heavy atom. The molecular formula is C17H25NO3. The van der Waals surface area contributed by atoms with Crippen LogP contribution < -0.4 is 5.32 Å². The van der Waals surface area contributed by atoms with Crippen LogP contribution in [0.3, 0.4) is 0 Å². The second kappa shape index (κ2) is 8.45. The third-order valence-electron chi connectivity index (χ3n) is 3.41. The molecule has 1 atom stereocenters. The standard InChI is InChI=1S/C17H25NO3/c1-4-13-5-7-14(8-6-13)9-10-16(19)18-15(17(20)21)11-12(2)3/h5-8,12,15H,4,9-11H2,1-3H3,(H,18,19)(H,20,21)/t15-/m1/s1. The van der Waals surface area contributed by atoms with Crippen molar-refractivity contribution >= 4 is 11.9 Å². The molecule has 4 nitrogen and oxygen atoms in total. The van der Waals surface area contributed by atoms with Gasteiger partial charge in [0.05, 0.1) is 0 Å². The van der Waals surface area contributed by atoms with Crippen molar-refractivity contribution < 1.29 is 14.7 Å². The zero-order valence-corrected chi connectivity index (χ0v) is 13.1. The molecular weight excluding hydrogens is 266 g/mol. The van der Waals surface area contributed by atoms with Gasteiger partial charge in [-0.25, -0.2) is 4.79 Å². The zero-order valence-electron chi connectivity index (χ0n) is 13.1. The summed E-state index contributed by atoms with van der Waals surface area (Å²) in [6.07, 6.45) is 2.39. The lowest BCUT2D eigenvalue weighted by Crippen LogP contribution is -2.41. The molecule has 2 N–H and O–H groups in total. The first-order valence-corrected chi connectivity index (χ1v) is 7.52. The normalized spacial score (nSPS) is 12.2. The van der Waals surface area contributed by atoms with E-state index in [9.17, 15) is 9.59 Å². The molecule has 0 aromatic heterocycles. The van der Waals surface area contributed by atoms with E-state index in [0.717, 1.165) is 12.0 Å². The minimum Gasteiger partial charge on any atom is -0.480 e. The number of benzene rings is 1. The molecule has 0 heterocycles. The van der Waals surface area contributed by atoms with Gasteiger partial charge in [-0.3, -0.25) is 4.79 Å². The van der Waals surface area contributed by atoms with E-state index in [1.165, 1.54) is 5.56 Å². The highest BCUT2D eigenvalue weighted by atomic mass is 16.4. The highest BCUT2D eigenvalue weighted by Crippen LogP contribution is 2.09. The summed E-state index contributed by atoms with van der Waals surface area (Å²) in [5.41, 5.74) is 2.36. The van der Waals surface area contributed by atoms with E-state index in [1.54, 1.807) is 0 Å². The molecule has 0 radical (unpaired) electrons. The van der Waals surface area contributed by atoms with Crippen molar-refractivity contribution in [2.24, 2.45) is 5.92 Å². The van der Waals surface area contributed by atoms with Crippen LogP contribution in [0.2, 0.25) is 0 Å². The molecule has 0 aliphatic heterocycles. The van der Waals surface area contributed by atoms with Crippen molar-refractivity contribution in [1.29, 1.82) is 0 Å². The second-order valence-corrected chi connectivity index (χ2v) is 5.76. The summed E-state index contributed by atoms with van der Waals surface area (Å²) in [6.45, 7) is 5.98. The van der Waals surface area contributed by atoms with E-state index in [0.29, 0.717) is 19.3 Å². The van der Waals surface area contributed by atoms with Crippen LogP contribution in [0.1, 0.15) is 44.7 Å². The molecule has 0 bridgehead atoms. The van der Waals surface area contributed by atoms with Gasteiger partial charge in [0.25, 0.3) is 0 Å². The number of hydrogen-bond donors (Lipinski definition) is 2. The van der Waals surface area contributed by atoms with Gasteiger partial charge in [-0.1, -0.05) is 45.0 Å². The Bertz CT molecular complexity index is 465. The van der Waals surface area contributed by atoms with Gasteiger partial charge < -0.3 is 10.4 Å². The van der Waals surface area contributed by atoms with Gasteiger partial charge in [-0.05, 0) is 36.3 Å². The molecule has 0 saturated carbocycles. The first-order chi connectivity index (χ1) is 9.92. The summed E-state index contributed by atoms with van der Waals surface area (Å²) in [5, 5.41) is 11.7. The van der Waals surface area contributed by atoms with Crippen LogP contribution in [0.15, 0.2) is 24.3 Å². The van der Waals surface area contributed by atoms with Crippen LogP contribution in [0.5, 0.6) is 0 Å². The van der Waals surface area contributed by atoms with E-state index in [-0.39, 0.29) is 11.8 Å². The summed E-state index contributed by atoms with van der Waals surface area (Å²) < 4.78 is 0. The van der Waals surface area contributed by atoms with Crippen molar-refractivity contribution in [3.63, 3.8) is 0 Å². The number of rotatable bonds is 8. The van der Waals surface area contributed by atoms with Gasteiger partial charge in [0.1, 0.15) is 6.04 Å². The molecule has 1 amide bonds. The molecule has 0 aliphatic carbocycles. The van der Waals surface area contributed by atoms with E-state index < -0.39 is 12.0 Å². The van der Waals surface area contributed by atoms with Gasteiger partial charge in [0, 0.05) is 6.42 Å². The first kappa shape index (κ1) is 17.2.